The number of hydrogen-bond donors (Lipinski definition) is 1. The molecule has 0 spiro atoms. The molecule has 0 aliphatic rings. The average Bonchev–Trinajstić information content (AvgIpc) is 2.68. The average molecular weight is 382 g/mol. The number of halogens is 2. The molecule has 0 bridgehead atoms. The van der Waals surface area contributed by atoms with Crippen LogP contribution in [0.5, 0.6) is 0 Å². The number of nitrogens with zero attached hydrogens (tertiary/aromatic N) is 3. The molecule has 3 aromatic rings. The van der Waals surface area contributed by atoms with E-state index in [2.05, 4.69) is 15.3 Å². The van der Waals surface area contributed by atoms with Crippen molar-refractivity contribution in [2.45, 2.75) is 20.4 Å². The van der Waals surface area contributed by atoms with E-state index in [1.165, 1.54) is 12.1 Å². The molecule has 0 atom stereocenters. The molecule has 0 unspecified atom stereocenters. The Morgan fingerprint density at radius 1 is 1.07 bits per heavy atom. The highest BCUT2D eigenvalue weighted by Crippen LogP contribution is 2.20. The molecule has 1 aromatic heterocycles. The highest BCUT2D eigenvalue weighted by atomic mass is 19.1. The van der Waals surface area contributed by atoms with Crippen LogP contribution in [0.1, 0.15) is 28.8 Å². The highest BCUT2D eigenvalue weighted by Gasteiger charge is 2.18. The highest BCUT2D eigenvalue weighted by molar-refractivity contribution is 5.93. The molecular formula is C21H20F2N4O. The third-order valence-corrected chi connectivity index (χ3v) is 4.14. The van der Waals surface area contributed by atoms with Crippen molar-refractivity contribution < 1.29 is 13.6 Å². The van der Waals surface area contributed by atoms with Gasteiger partial charge in [0.2, 0.25) is 0 Å². The first-order valence-corrected chi connectivity index (χ1v) is 8.87. The molecule has 144 valence electrons. The van der Waals surface area contributed by atoms with Crippen molar-refractivity contribution in [1.82, 2.24) is 14.9 Å². The number of nitrogens with one attached hydrogen (secondary N) is 1. The Kier molecular flexibility index (Phi) is 5.93. The number of rotatable bonds is 6. The third kappa shape index (κ3) is 4.68. The van der Waals surface area contributed by atoms with E-state index >= 15 is 0 Å². The van der Waals surface area contributed by atoms with Gasteiger partial charge in [-0.3, -0.25) is 4.79 Å². The molecule has 28 heavy (non-hydrogen) atoms. The van der Waals surface area contributed by atoms with Crippen molar-refractivity contribution in [3.05, 3.63) is 83.3 Å². The summed E-state index contributed by atoms with van der Waals surface area (Å²) >= 11 is 0. The van der Waals surface area contributed by atoms with Gasteiger partial charge in [-0.05, 0) is 31.5 Å². The van der Waals surface area contributed by atoms with Crippen LogP contribution in [0.15, 0.2) is 54.6 Å². The molecule has 7 heteroatoms. The molecule has 3 rings (SSSR count). The standard InChI is InChI=1S/C21H20F2N4O/c1-3-27(13-15-7-5-4-6-8-15)21(28)19-12-20(25-14(2)24-19)26-18-10-9-16(22)11-17(18)23/h4-12H,3,13H2,1-2H3,(H,24,25,26). The molecule has 1 heterocycles. The number of aromatic nitrogens is 2. The number of anilines is 2. The summed E-state index contributed by atoms with van der Waals surface area (Å²) in [5.41, 5.74) is 1.28. The van der Waals surface area contributed by atoms with Gasteiger partial charge < -0.3 is 10.2 Å². The zero-order valence-corrected chi connectivity index (χ0v) is 15.6. The molecule has 0 saturated heterocycles. The second-order valence-electron chi connectivity index (χ2n) is 6.24. The molecular weight excluding hydrogens is 362 g/mol. The lowest BCUT2D eigenvalue weighted by Gasteiger charge is -2.21. The quantitative estimate of drug-likeness (QED) is 0.683. The van der Waals surface area contributed by atoms with Crippen molar-refractivity contribution in [2.75, 3.05) is 11.9 Å². The lowest BCUT2D eigenvalue weighted by atomic mass is 10.2. The molecule has 0 saturated carbocycles. The maximum Gasteiger partial charge on any atom is 0.272 e. The lowest BCUT2D eigenvalue weighted by Crippen LogP contribution is -2.31. The lowest BCUT2D eigenvalue weighted by molar-refractivity contribution is 0.0746. The molecule has 0 radical (unpaired) electrons. The zero-order valence-electron chi connectivity index (χ0n) is 15.6. The van der Waals surface area contributed by atoms with Gasteiger partial charge in [-0.2, -0.15) is 0 Å². The first-order valence-electron chi connectivity index (χ1n) is 8.87. The van der Waals surface area contributed by atoms with Crippen molar-refractivity contribution in [3.8, 4) is 0 Å². The summed E-state index contributed by atoms with van der Waals surface area (Å²) in [6.45, 7) is 4.50. The van der Waals surface area contributed by atoms with Crippen molar-refractivity contribution in [3.63, 3.8) is 0 Å². The molecule has 1 N–H and O–H groups in total. The Morgan fingerprint density at radius 2 is 1.82 bits per heavy atom. The number of hydrogen-bond acceptors (Lipinski definition) is 4. The van der Waals surface area contributed by atoms with Crippen LogP contribution in [-0.2, 0) is 6.54 Å². The maximum atomic E-state index is 13.9. The third-order valence-electron chi connectivity index (χ3n) is 4.14. The smallest absolute Gasteiger partial charge is 0.272 e. The van der Waals surface area contributed by atoms with Gasteiger partial charge in [-0.1, -0.05) is 30.3 Å². The minimum Gasteiger partial charge on any atom is -0.338 e. The van der Waals surface area contributed by atoms with Gasteiger partial charge in [0.15, 0.2) is 0 Å². The van der Waals surface area contributed by atoms with E-state index < -0.39 is 11.6 Å². The van der Waals surface area contributed by atoms with Gasteiger partial charge in [-0.15, -0.1) is 0 Å². The summed E-state index contributed by atoms with van der Waals surface area (Å²) in [5, 5.41) is 2.78. The summed E-state index contributed by atoms with van der Waals surface area (Å²) in [6, 6.07) is 14.3. The van der Waals surface area contributed by atoms with E-state index in [-0.39, 0.29) is 23.1 Å². The fourth-order valence-corrected chi connectivity index (χ4v) is 2.76. The minimum absolute atomic E-state index is 0.0644. The van der Waals surface area contributed by atoms with E-state index in [1.807, 2.05) is 37.3 Å². The van der Waals surface area contributed by atoms with Crippen LogP contribution in [0, 0.1) is 18.6 Å². The monoisotopic (exact) mass is 382 g/mol. The summed E-state index contributed by atoms with van der Waals surface area (Å²) in [4.78, 5) is 23.0. The van der Waals surface area contributed by atoms with Gasteiger partial charge in [0.05, 0.1) is 5.69 Å². The van der Waals surface area contributed by atoms with E-state index in [0.717, 1.165) is 17.7 Å². The summed E-state index contributed by atoms with van der Waals surface area (Å²) in [7, 11) is 0. The first kappa shape index (κ1) is 19.4. The number of benzene rings is 2. The van der Waals surface area contributed by atoms with Crippen LogP contribution in [-0.4, -0.2) is 27.3 Å². The predicted molar refractivity (Wildman–Crippen MR) is 103 cm³/mol. The van der Waals surface area contributed by atoms with Gasteiger partial charge in [0, 0.05) is 25.2 Å². The maximum absolute atomic E-state index is 13.9. The first-order chi connectivity index (χ1) is 13.5. The Bertz CT molecular complexity index is 979. The second kappa shape index (κ2) is 8.56. The van der Waals surface area contributed by atoms with Crippen LogP contribution >= 0.6 is 0 Å². The fourth-order valence-electron chi connectivity index (χ4n) is 2.76. The van der Waals surface area contributed by atoms with Gasteiger partial charge >= 0.3 is 0 Å². The van der Waals surface area contributed by atoms with Crippen molar-refractivity contribution in [1.29, 1.82) is 0 Å². The predicted octanol–water partition coefficient (Wildman–Crippen LogP) is 4.47. The van der Waals surface area contributed by atoms with Gasteiger partial charge in [0.25, 0.3) is 5.91 Å². The van der Waals surface area contributed by atoms with Crippen LogP contribution in [0.2, 0.25) is 0 Å². The summed E-state index contributed by atoms with van der Waals surface area (Å²) < 4.78 is 27.0. The topological polar surface area (TPSA) is 58.1 Å². The molecule has 0 aliphatic heterocycles. The van der Waals surface area contributed by atoms with E-state index in [1.54, 1.807) is 11.8 Å². The van der Waals surface area contributed by atoms with Crippen LogP contribution in [0.4, 0.5) is 20.3 Å². The van der Waals surface area contributed by atoms with Gasteiger partial charge in [-0.25, -0.2) is 18.7 Å². The van der Waals surface area contributed by atoms with E-state index in [4.69, 9.17) is 0 Å². The van der Waals surface area contributed by atoms with Crippen molar-refractivity contribution in [2.24, 2.45) is 0 Å². The van der Waals surface area contributed by atoms with E-state index in [9.17, 15) is 13.6 Å². The molecule has 5 nitrogen and oxygen atoms in total. The largest absolute Gasteiger partial charge is 0.338 e. The van der Waals surface area contributed by atoms with Crippen molar-refractivity contribution >= 4 is 17.4 Å². The Hall–Kier alpha value is -3.35. The number of carbonyl (C=O) groups excluding carboxylic acids is 1. The Labute approximate surface area is 162 Å². The number of aryl methyl sites for hydroxylation is 1. The molecule has 2 aromatic carbocycles. The number of carbonyl (C=O) groups is 1. The number of amides is 1. The summed E-state index contributed by atoms with van der Waals surface area (Å²) in [6.07, 6.45) is 0. The Morgan fingerprint density at radius 3 is 2.50 bits per heavy atom. The van der Waals surface area contributed by atoms with Crippen LogP contribution in [0.25, 0.3) is 0 Å². The molecule has 0 aliphatic carbocycles. The van der Waals surface area contributed by atoms with E-state index in [0.29, 0.717) is 18.9 Å². The zero-order chi connectivity index (χ0) is 20.1. The fraction of sp³-hybridized carbons (Fsp3) is 0.190. The Balaban J connectivity index is 1.84. The SMILES string of the molecule is CCN(Cc1ccccc1)C(=O)c1cc(Nc2ccc(F)cc2F)nc(C)n1. The molecule has 0 fully saturated rings. The van der Waals surface area contributed by atoms with Gasteiger partial charge in [0.1, 0.15) is 29.0 Å². The second-order valence-corrected chi connectivity index (χ2v) is 6.24. The summed E-state index contributed by atoms with van der Waals surface area (Å²) in [5.74, 6) is -1.04. The molecule has 1 amide bonds. The minimum atomic E-state index is -0.747. The normalized spacial score (nSPS) is 10.6. The van der Waals surface area contributed by atoms with Crippen LogP contribution in [0.3, 0.4) is 0 Å². The van der Waals surface area contributed by atoms with Crippen LogP contribution < -0.4 is 5.32 Å².